The fourth-order valence-electron chi connectivity index (χ4n) is 7.65. The first-order valence-electron chi connectivity index (χ1n) is 26.3. The maximum Gasteiger partial charge on any atom is 0.306 e. The molecule has 0 aromatic carbocycles. The Labute approximate surface area is 383 Å². The van der Waals surface area contributed by atoms with Crippen LogP contribution in [0.2, 0.25) is 0 Å². The molecule has 0 saturated heterocycles. The quantitative estimate of drug-likeness (QED) is 0.0195. The van der Waals surface area contributed by atoms with Crippen LogP contribution in [0.4, 0.5) is 0 Å². The Morgan fingerprint density at radius 3 is 1.19 bits per heavy atom. The summed E-state index contributed by atoms with van der Waals surface area (Å²) in [5, 5.41) is 11.7. The van der Waals surface area contributed by atoms with Crippen LogP contribution in [0.15, 0.2) is 12.2 Å². The number of likely N-dealkylation sites (N-methyl/N-ethyl adjacent to an activating group) is 1. The van der Waals surface area contributed by atoms with E-state index in [4.69, 9.17) is 18.9 Å². The number of quaternary nitrogens is 1. The minimum atomic E-state index is -1.61. The molecule has 62 heavy (non-hydrogen) atoms. The van der Waals surface area contributed by atoms with Crippen LogP contribution in [-0.4, -0.2) is 82.3 Å². The van der Waals surface area contributed by atoms with Gasteiger partial charge in [-0.05, 0) is 38.5 Å². The van der Waals surface area contributed by atoms with Crippen LogP contribution in [0.1, 0.15) is 251 Å². The van der Waals surface area contributed by atoms with Gasteiger partial charge >= 0.3 is 11.9 Å². The molecule has 0 aromatic rings. The van der Waals surface area contributed by atoms with Gasteiger partial charge in [-0.15, -0.1) is 0 Å². The first kappa shape index (κ1) is 60.0. The van der Waals surface area contributed by atoms with Crippen LogP contribution in [0.5, 0.6) is 0 Å². The number of hydrogen-bond acceptors (Lipinski definition) is 8. The van der Waals surface area contributed by atoms with Crippen molar-refractivity contribution < 1.29 is 42.9 Å². The van der Waals surface area contributed by atoms with Crippen molar-refractivity contribution >= 4 is 17.9 Å². The molecule has 0 N–H and O–H groups in total. The summed E-state index contributed by atoms with van der Waals surface area (Å²) in [6.45, 7) is 4.70. The lowest BCUT2D eigenvalue weighted by molar-refractivity contribution is -0.870. The van der Waals surface area contributed by atoms with Gasteiger partial charge in [-0.1, -0.05) is 212 Å². The predicted octanol–water partition coefficient (Wildman–Crippen LogP) is 13.3. The number of ether oxygens (including phenoxy) is 4. The van der Waals surface area contributed by atoms with Gasteiger partial charge in [0, 0.05) is 12.8 Å². The number of rotatable bonds is 49. The molecule has 0 spiro atoms. The zero-order valence-electron chi connectivity index (χ0n) is 41.5. The van der Waals surface area contributed by atoms with Gasteiger partial charge in [-0.3, -0.25) is 9.59 Å². The number of esters is 2. The number of allylic oxidation sites excluding steroid dienone is 2. The highest BCUT2D eigenvalue weighted by molar-refractivity contribution is 5.70. The van der Waals surface area contributed by atoms with Crippen LogP contribution in [0.25, 0.3) is 0 Å². The summed E-state index contributed by atoms with van der Waals surface area (Å²) in [5.41, 5.74) is 0. The topological polar surface area (TPSA) is 111 Å². The first-order chi connectivity index (χ1) is 30.1. The van der Waals surface area contributed by atoms with Crippen molar-refractivity contribution in [1.29, 1.82) is 0 Å². The van der Waals surface area contributed by atoms with Gasteiger partial charge in [-0.25, -0.2) is 0 Å². The van der Waals surface area contributed by atoms with Gasteiger partial charge in [0.2, 0.25) is 0 Å². The Hall–Kier alpha value is -1.97. The van der Waals surface area contributed by atoms with E-state index in [1.807, 2.05) is 21.1 Å². The van der Waals surface area contributed by atoms with Gasteiger partial charge in [-0.2, -0.15) is 0 Å². The van der Waals surface area contributed by atoms with E-state index in [0.29, 0.717) is 17.4 Å². The Morgan fingerprint density at radius 2 is 0.823 bits per heavy atom. The molecule has 9 heteroatoms. The van der Waals surface area contributed by atoms with E-state index in [9.17, 15) is 19.5 Å². The Morgan fingerprint density at radius 1 is 0.468 bits per heavy atom. The van der Waals surface area contributed by atoms with E-state index in [1.165, 1.54) is 180 Å². The van der Waals surface area contributed by atoms with Gasteiger partial charge in [0.15, 0.2) is 12.4 Å². The third-order valence-electron chi connectivity index (χ3n) is 11.8. The van der Waals surface area contributed by atoms with Crippen LogP contribution >= 0.6 is 0 Å². The normalized spacial score (nSPS) is 12.9. The molecule has 0 aliphatic rings. The highest BCUT2D eigenvalue weighted by Gasteiger charge is 2.22. The number of nitrogens with zero attached hydrogens (tertiary/aromatic N) is 1. The van der Waals surface area contributed by atoms with Crippen molar-refractivity contribution in [2.24, 2.45) is 0 Å². The van der Waals surface area contributed by atoms with Crippen LogP contribution < -0.4 is 5.11 Å². The van der Waals surface area contributed by atoms with Crippen molar-refractivity contribution in [1.82, 2.24) is 0 Å². The molecule has 366 valence electrons. The third-order valence-corrected chi connectivity index (χ3v) is 11.8. The average Bonchev–Trinajstić information content (AvgIpc) is 3.23. The van der Waals surface area contributed by atoms with Crippen LogP contribution in [0, 0.1) is 0 Å². The summed E-state index contributed by atoms with van der Waals surface area (Å²) in [4.78, 5) is 36.8. The summed E-state index contributed by atoms with van der Waals surface area (Å²) in [6.07, 6.45) is 47.4. The van der Waals surface area contributed by atoms with E-state index in [1.54, 1.807) is 0 Å². The Bertz CT molecular complexity index is 1030. The van der Waals surface area contributed by atoms with Gasteiger partial charge in [0.25, 0.3) is 0 Å². The van der Waals surface area contributed by atoms with Crippen molar-refractivity contribution in [3.63, 3.8) is 0 Å². The Kier molecular flexibility index (Phi) is 44.1. The molecule has 0 amide bonds. The molecule has 0 fully saturated rings. The van der Waals surface area contributed by atoms with E-state index in [0.717, 1.165) is 44.9 Å². The number of carboxylic acid groups (broad SMARTS) is 1. The second kappa shape index (κ2) is 45.6. The van der Waals surface area contributed by atoms with Gasteiger partial charge in [0.05, 0.1) is 40.3 Å². The number of hydrogen-bond donors (Lipinski definition) is 0. The standard InChI is InChI=1S/C53H101NO8/c1-6-8-10-12-14-15-16-17-18-19-20-21-22-23-24-25-26-27-28-29-30-31-32-33-34-35-36-37-38-40-42-44-51(56)62-49(47-60-50(55)43-41-39-13-11-9-7-2)48-61-53(52(57)58)59-46-45-54(3,4)5/h19-20,49,53H,6-18,21-48H2,1-5H3/b20-19-. The summed E-state index contributed by atoms with van der Waals surface area (Å²) in [6, 6.07) is 0. The predicted molar refractivity (Wildman–Crippen MR) is 256 cm³/mol. The van der Waals surface area contributed by atoms with E-state index >= 15 is 0 Å². The van der Waals surface area contributed by atoms with Crippen molar-refractivity contribution in [2.75, 3.05) is 47.5 Å². The number of unbranched alkanes of at least 4 members (excludes halogenated alkanes) is 32. The van der Waals surface area contributed by atoms with Crippen LogP contribution in [-0.2, 0) is 33.3 Å². The van der Waals surface area contributed by atoms with Crippen molar-refractivity contribution in [3.8, 4) is 0 Å². The first-order valence-corrected chi connectivity index (χ1v) is 26.3. The lowest BCUT2D eigenvalue weighted by Crippen LogP contribution is -2.44. The molecule has 0 aliphatic heterocycles. The maximum absolute atomic E-state index is 12.7. The zero-order valence-corrected chi connectivity index (χ0v) is 41.5. The average molecular weight is 880 g/mol. The molecule has 0 rings (SSSR count). The minimum Gasteiger partial charge on any atom is -0.545 e. The molecule has 0 aliphatic carbocycles. The van der Waals surface area contributed by atoms with Gasteiger partial charge in [0.1, 0.15) is 13.2 Å². The number of carbonyl (C=O) groups excluding carboxylic acids is 3. The highest BCUT2D eigenvalue weighted by atomic mass is 16.7. The molecule has 9 nitrogen and oxygen atoms in total. The molecule has 2 atom stereocenters. The van der Waals surface area contributed by atoms with E-state index in [2.05, 4.69) is 26.0 Å². The summed E-state index contributed by atoms with van der Waals surface area (Å²) in [5.74, 6) is -2.28. The smallest absolute Gasteiger partial charge is 0.306 e. The van der Waals surface area contributed by atoms with Crippen LogP contribution in [0.3, 0.4) is 0 Å². The lowest BCUT2D eigenvalue weighted by Gasteiger charge is -2.26. The molecule has 0 saturated carbocycles. The summed E-state index contributed by atoms with van der Waals surface area (Å²) >= 11 is 0. The maximum atomic E-state index is 12.7. The zero-order chi connectivity index (χ0) is 45.6. The second-order valence-electron chi connectivity index (χ2n) is 19.2. The lowest BCUT2D eigenvalue weighted by atomic mass is 10.0. The number of carbonyl (C=O) groups is 3. The molecule has 2 unspecified atom stereocenters. The fourth-order valence-corrected chi connectivity index (χ4v) is 7.65. The molecular weight excluding hydrogens is 779 g/mol. The molecule has 0 aromatic heterocycles. The summed E-state index contributed by atoms with van der Waals surface area (Å²) < 4.78 is 22.5. The van der Waals surface area contributed by atoms with Crippen molar-refractivity contribution in [2.45, 2.75) is 264 Å². The molecule has 0 bridgehead atoms. The molecule has 0 heterocycles. The molecule has 0 radical (unpaired) electrons. The minimum absolute atomic E-state index is 0.151. The number of carboxylic acids is 1. The second-order valence-corrected chi connectivity index (χ2v) is 19.2. The van der Waals surface area contributed by atoms with E-state index in [-0.39, 0.29) is 32.2 Å². The van der Waals surface area contributed by atoms with E-state index < -0.39 is 24.3 Å². The summed E-state index contributed by atoms with van der Waals surface area (Å²) in [7, 11) is 5.91. The Balaban J connectivity index is 3.93. The molecular formula is C53H101NO8. The third kappa shape index (κ3) is 46.0. The monoisotopic (exact) mass is 880 g/mol. The SMILES string of the molecule is CCCCCCCCCC/C=C\CCCCCCCCCCCCCCCCCCCCCC(=O)OC(COC(=O)CCCCCCCC)COC(OCC[N+](C)(C)C)C(=O)[O-]. The van der Waals surface area contributed by atoms with Crippen molar-refractivity contribution in [3.05, 3.63) is 12.2 Å². The largest absolute Gasteiger partial charge is 0.545 e. The highest BCUT2D eigenvalue weighted by Crippen LogP contribution is 2.17. The fraction of sp³-hybridized carbons (Fsp3) is 0.906. The van der Waals surface area contributed by atoms with Gasteiger partial charge < -0.3 is 33.3 Å². The number of aliphatic carboxylic acids is 1.